The summed E-state index contributed by atoms with van der Waals surface area (Å²) in [6.45, 7) is 1.58. The van der Waals surface area contributed by atoms with Gasteiger partial charge in [-0.2, -0.15) is 0 Å². The van der Waals surface area contributed by atoms with Crippen molar-refractivity contribution >= 4 is 21.8 Å². The van der Waals surface area contributed by atoms with Crippen molar-refractivity contribution in [2.24, 2.45) is 0 Å². The minimum absolute atomic E-state index is 0.0166. The molecule has 1 fully saturated rings. The highest BCUT2D eigenvalue weighted by molar-refractivity contribution is 9.10. The monoisotopic (exact) mass is 282 g/mol. The molecule has 16 heavy (non-hydrogen) atoms. The zero-order chi connectivity index (χ0) is 11.5. The molecule has 1 aromatic carbocycles. The van der Waals surface area contributed by atoms with Crippen LogP contribution in [-0.4, -0.2) is 30.4 Å². The second kappa shape index (κ2) is 4.97. The number of amides is 1. The van der Waals surface area contributed by atoms with Gasteiger partial charge in [0, 0.05) is 24.6 Å². The highest BCUT2D eigenvalue weighted by Gasteiger charge is 2.28. The van der Waals surface area contributed by atoms with Gasteiger partial charge >= 0.3 is 0 Å². The standard InChI is InChI=1S/C12H15BrN2O/c1-15-7-6-11(12(15)16)14-8-9-4-2-3-5-10(9)13/h2-5,11,14H,6-8H2,1H3. The number of carbonyl (C=O) groups is 1. The predicted molar refractivity (Wildman–Crippen MR) is 67.0 cm³/mol. The first-order chi connectivity index (χ1) is 7.68. The molecule has 1 atom stereocenters. The van der Waals surface area contributed by atoms with Crippen LogP contribution in [0.15, 0.2) is 28.7 Å². The fraction of sp³-hybridized carbons (Fsp3) is 0.417. The molecule has 3 nitrogen and oxygen atoms in total. The van der Waals surface area contributed by atoms with E-state index in [0.29, 0.717) is 0 Å². The number of nitrogens with one attached hydrogen (secondary N) is 1. The van der Waals surface area contributed by atoms with Gasteiger partial charge in [0.15, 0.2) is 0 Å². The fourth-order valence-electron chi connectivity index (χ4n) is 1.89. The predicted octanol–water partition coefficient (Wildman–Crippen LogP) is 1.77. The first kappa shape index (κ1) is 11.6. The third-order valence-corrected chi connectivity index (χ3v) is 3.70. The lowest BCUT2D eigenvalue weighted by molar-refractivity contribution is -0.128. The van der Waals surface area contributed by atoms with Gasteiger partial charge in [-0.25, -0.2) is 0 Å². The fourth-order valence-corrected chi connectivity index (χ4v) is 2.31. The summed E-state index contributed by atoms with van der Waals surface area (Å²) in [6.07, 6.45) is 0.903. The summed E-state index contributed by atoms with van der Waals surface area (Å²) in [4.78, 5) is 13.4. The van der Waals surface area contributed by atoms with Crippen molar-refractivity contribution < 1.29 is 4.79 Å². The Hall–Kier alpha value is -0.870. The van der Waals surface area contributed by atoms with Gasteiger partial charge in [0.05, 0.1) is 6.04 Å². The van der Waals surface area contributed by atoms with Gasteiger partial charge in [-0.1, -0.05) is 34.1 Å². The van der Waals surface area contributed by atoms with E-state index >= 15 is 0 Å². The molecule has 0 saturated carbocycles. The van der Waals surface area contributed by atoms with Crippen LogP contribution in [0.2, 0.25) is 0 Å². The number of benzene rings is 1. The number of hydrogen-bond donors (Lipinski definition) is 1. The zero-order valence-corrected chi connectivity index (χ0v) is 10.8. The Balaban J connectivity index is 1.93. The van der Waals surface area contributed by atoms with Crippen LogP contribution >= 0.6 is 15.9 Å². The van der Waals surface area contributed by atoms with E-state index < -0.39 is 0 Å². The van der Waals surface area contributed by atoms with Crippen molar-refractivity contribution in [1.29, 1.82) is 0 Å². The first-order valence-electron chi connectivity index (χ1n) is 5.40. The van der Waals surface area contributed by atoms with Crippen molar-refractivity contribution in [3.8, 4) is 0 Å². The van der Waals surface area contributed by atoms with E-state index in [4.69, 9.17) is 0 Å². The number of nitrogens with zero attached hydrogens (tertiary/aromatic N) is 1. The first-order valence-corrected chi connectivity index (χ1v) is 6.19. The van der Waals surface area contributed by atoms with Crippen LogP contribution < -0.4 is 5.32 Å². The second-order valence-electron chi connectivity index (χ2n) is 4.07. The molecule has 1 unspecified atom stereocenters. The Morgan fingerprint density at radius 1 is 1.50 bits per heavy atom. The molecule has 2 rings (SSSR count). The largest absolute Gasteiger partial charge is 0.344 e. The SMILES string of the molecule is CN1CCC(NCc2ccccc2Br)C1=O. The molecule has 1 amide bonds. The Kier molecular flexibility index (Phi) is 3.61. The molecule has 1 aromatic rings. The van der Waals surface area contributed by atoms with E-state index in [9.17, 15) is 4.79 Å². The molecule has 0 bridgehead atoms. The van der Waals surface area contributed by atoms with Crippen LogP contribution in [0.5, 0.6) is 0 Å². The lowest BCUT2D eigenvalue weighted by atomic mass is 10.2. The third-order valence-electron chi connectivity index (χ3n) is 2.92. The van der Waals surface area contributed by atoms with Crippen molar-refractivity contribution in [1.82, 2.24) is 10.2 Å². The van der Waals surface area contributed by atoms with E-state index in [1.54, 1.807) is 4.90 Å². The average Bonchev–Trinajstić information content (AvgIpc) is 2.59. The summed E-state index contributed by atoms with van der Waals surface area (Å²) in [5.74, 6) is 0.201. The number of likely N-dealkylation sites (tertiary alicyclic amines) is 1. The molecule has 1 N–H and O–H groups in total. The summed E-state index contributed by atoms with van der Waals surface area (Å²) in [5, 5.41) is 3.30. The number of hydrogen-bond acceptors (Lipinski definition) is 2. The Morgan fingerprint density at radius 3 is 2.88 bits per heavy atom. The van der Waals surface area contributed by atoms with E-state index in [2.05, 4.69) is 27.3 Å². The van der Waals surface area contributed by atoms with E-state index in [-0.39, 0.29) is 11.9 Å². The maximum atomic E-state index is 11.7. The van der Waals surface area contributed by atoms with E-state index in [0.717, 1.165) is 24.0 Å². The van der Waals surface area contributed by atoms with Crippen LogP contribution in [0, 0.1) is 0 Å². The maximum absolute atomic E-state index is 11.7. The highest BCUT2D eigenvalue weighted by Crippen LogP contribution is 2.16. The lowest BCUT2D eigenvalue weighted by Gasteiger charge is -2.12. The van der Waals surface area contributed by atoms with Crippen LogP contribution in [0.3, 0.4) is 0 Å². The minimum atomic E-state index is -0.0166. The van der Waals surface area contributed by atoms with Crippen LogP contribution in [0.1, 0.15) is 12.0 Å². The third kappa shape index (κ3) is 2.44. The minimum Gasteiger partial charge on any atom is -0.344 e. The summed E-state index contributed by atoms with van der Waals surface area (Å²) in [7, 11) is 1.85. The molecule has 0 radical (unpaired) electrons. The van der Waals surface area contributed by atoms with Crippen molar-refractivity contribution in [2.45, 2.75) is 19.0 Å². The molecule has 1 aliphatic heterocycles. The summed E-state index contributed by atoms with van der Waals surface area (Å²) < 4.78 is 1.08. The van der Waals surface area contributed by atoms with Crippen molar-refractivity contribution in [2.75, 3.05) is 13.6 Å². The van der Waals surface area contributed by atoms with E-state index in [1.807, 2.05) is 25.2 Å². The molecule has 0 aliphatic carbocycles. The number of carbonyl (C=O) groups excluding carboxylic acids is 1. The molecule has 1 aliphatic rings. The summed E-state index contributed by atoms with van der Waals surface area (Å²) in [5.41, 5.74) is 1.19. The average molecular weight is 283 g/mol. The molecule has 1 saturated heterocycles. The molecule has 4 heteroatoms. The number of likely N-dealkylation sites (N-methyl/N-ethyl adjacent to an activating group) is 1. The molecule has 0 spiro atoms. The van der Waals surface area contributed by atoms with Gasteiger partial charge in [0.1, 0.15) is 0 Å². The van der Waals surface area contributed by atoms with Crippen LogP contribution in [0.4, 0.5) is 0 Å². The number of rotatable bonds is 3. The van der Waals surface area contributed by atoms with E-state index in [1.165, 1.54) is 5.56 Å². The summed E-state index contributed by atoms with van der Waals surface area (Å²) >= 11 is 3.50. The molecule has 86 valence electrons. The molecular weight excluding hydrogens is 268 g/mol. The maximum Gasteiger partial charge on any atom is 0.239 e. The van der Waals surface area contributed by atoms with Crippen LogP contribution in [0.25, 0.3) is 0 Å². The van der Waals surface area contributed by atoms with Gasteiger partial charge in [0.25, 0.3) is 0 Å². The highest BCUT2D eigenvalue weighted by atomic mass is 79.9. The number of halogens is 1. The second-order valence-corrected chi connectivity index (χ2v) is 4.93. The van der Waals surface area contributed by atoms with Gasteiger partial charge in [0.2, 0.25) is 5.91 Å². The Morgan fingerprint density at radius 2 is 2.25 bits per heavy atom. The lowest BCUT2D eigenvalue weighted by Crippen LogP contribution is -2.36. The molecule has 0 aromatic heterocycles. The normalized spacial score (nSPS) is 20.5. The van der Waals surface area contributed by atoms with Crippen molar-refractivity contribution in [3.63, 3.8) is 0 Å². The molecular formula is C12H15BrN2O. The Labute approximate surface area is 104 Å². The van der Waals surface area contributed by atoms with Crippen molar-refractivity contribution in [3.05, 3.63) is 34.3 Å². The van der Waals surface area contributed by atoms with Crippen LogP contribution in [-0.2, 0) is 11.3 Å². The molecule has 1 heterocycles. The van der Waals surface area contributed by atoms with Gasteiger partial charge in [-0.3, -0.25) is 4.79 Å². The van der Waals surface area contributed by atoms with Gasteiger partial charge < -0.3 is 10.2 Å². The smallest absolute Gasteiger partial charge is 0.239 e. The quantitative estimate of drug-likeness (QED) is 0.917. The topological polar surface area (TPSA) is 32.3 Å². The zero-order valence-electron chi connectivity index (χ0n) is 9.24. The Bertz CT molecular complexity index is 394. The van der Waals surface area contributed by atoms with Gasteiger partial charge in [-0.15, -0.1) is 0 Å². The van der Waals surface area contributed by atoms with Gasteiger partial charge in [-0.05, 0) is 18.1 Å². The summed E-state index contributed by atoms with van der Waals surface area (Å²) in [6, 6.07) is 8.05.